The Bertz CT molecular complexity index is 1600. The molecule has 1 saturated heterocycles. The average Bonchev–Trinajstić information content (AvgIpc) is 3.25. The smallest absolute Gasteiger partial charge is 0.361 e. The number of rotatable bonds is 7. The van der Waals surface area contributed by atoms with E-state index < -0.39 is 23.3 Å². The topological polar surface area (TPSA) is 128 Å². The number of halogens is 3. The second kappa shape index (κ2) is 11.9. The summed E-state index contributed by atoms with van der Waals surface area (Å²) in [6.45, 7) is 2.21. The number of hydrogen-bond donors (Lipinski definition) is 1. The van der Waals surface area contributed by atoms with Crippen molar-refractivity contribution in [3.05, 3.63) is 62.1 Å². The Labute approximate surface area is 239 Å². The summed E-state index contributed by atoms with van der Waals surface area (Å²) in [5.74, 6) is 0.0830. The number of amides is 1. The lowest BCUT2D eigenvalue weighted by Gasteiger charge is -2.33. The standard InChI is InChI=1S/C28H32F3N7O4/c1-17-14-20(35-42-17)16-38-26(40)21-8-6-18(15-32-25(21)36(2)27(38)41)7-9-24(39)34-22-4-3-5-23(33-22)37-12-10-19(11-13-37)28(29,30)31/h3-5,14-15,18-19H,6-13,16H2,1-2H3,(H,33,34,39). The monoisotopic (exact) mass is 587 g/mol. The van der Waals surface area contributed by atoms with Gasteiger partial charge in [-0.15, -0.1) is 0 Å². The maximum absolute atomic E-state index is 13.2. The summed E-state index contributed by atoms with van der Waals surface area (Å²) in [5.41, 5.74) is -0.0220. The highest BCUT2D eigenvalue weighted by Gasteiger charge is 2.41. The van der Waals surface area contributed by atoms with Crippen molar-refractivity contribution in [3.8, 4) is 0 Å². The van der Waals surface area contributed by atoms with Crippen molar-refractivity contribution in [2.24, 2.45) is 23.9 Å². The van der Waals surface area contributed by atoms with E-state index in [1.54, 1.807) is 49.4 Å². The quantitative estimate of drug-likeness (QED) is 0.446. The van der Waals surface area contributed by atoms with Crippen molar-refractivity contribution < 1.29 is 22.5 Å². The molecule has 2 aliphatic heterocycles. The maximum atomic E-state index is 13.2. The van der Waals surface area contributed by atoms with Crippen LogP contribution in [0.4, 0.5) is 30.6 Å². The molecule has 1 amide bonds. The van der Waals surface area contributed by atoms with E-state index in [0.29, 0.717) is 53.7 Å². The third-order valence-corrected chi connectivity index (χ3v) is 7.80. The molecule has 5 heterocycles. The molecule has 0 saturated carbocycles. The number of hydrogen-bond acceptors (Lipinski definition) is 8. The summed E-state index contributed by atoms with van der Waals surface area (Å²) in [7, 11) is 1.57. The van der Waals surface area contributed by atoms with E-state index in [-0.39, 0.29) is 50.7 Å². The number of anilines is 2. The molecule has 3 aromatic rings. The van der Waals surface area contributed by atoms with Gasteiger partial charge in [0, 0.05) is 38.8 Å². The molecule has 14 heteroatoms. The number of pyridine rings is 1. The number of alkyl halides is 3. The number of aryl methyl sites for hydroxylation is 1. The van der Waals surface area contributed by atoms with Crippen molar-refractivity contribution in [1.29, 1.82) is 0 Å². The van der Waals surface area contributed by atoms with Gasteiger partial charge in [0.05, 0.1) is 18.0 Å². The van der Waals surface area contributed by atoms with Gasteiger partial charge in [-0.25, -0.2) is 14.8 Å². The number of nitrogens with one attached hydrogen (secondary N) is 1. The van der Waals surface area contributed by atoms with E-state index in [1.807, 2.05) is 0 Å². The molecule has 0 aliphatic carbocycles. The minimum Gasteiger partial charge on any atom is -0.361 e. The first-order valence-electron chi connectivity index (χ1n) is 13.9. The lowest BCUT2D eigenvalue weighted by Crippen LogP contribution is -2.41. The molecule has 42 heavy (non-hydrogen) atoms. The summed E-state index contributed by atoms with van der Waals surface area (Å²) in [6.07, 6.45) is -0.877. The first kappa shape index (κ1) is 29.3. The Morgan fingerprint density at radius 2 is 1.93 bits per heavy atom. The van der Waals surface area contributed by atoms with Gasteiger partial charge in [-0.2, -0.15) is 13.2 Å². The molecule has 0 radical (unpaired) electrons. The van der Waals surface area contributed by atoms with Crippen LogP contribution in [0, 0.1) is 18.8 Å². The van der Waals surface area contributed by atoms with Crippen molar-refractivity contribution in [3.63, 3.8) is 0 Å². The zero-order valence-corrected chi connectivity index (χ0v) is 23.4. The number of carbonyl (C=O) groups excluding carboxylic acids is 1. The zero-order valence-electron chi connectivity index (χ0n) is 23.4. The predicted molar refractivity (Wildman–Crippen MR) is 149 cm³/mol. The van der Waals surface area contributed by atoms with Gasteiger partial charge in [0.2, 0.25) is 5.91 Å². The summed E-state index contributed by atoms with van der Waals surface area (Å²) in [5, 5.41) is 6.65. The van der Waals surface area contributed by atoms with Gasteiger partial charge in [0.25, 0.3) is 5.56 Å². The maximum Gasteiger partial charge on any atom is 0.391 e. The Kier molecular flexibility index (Phi) is 8.32. The zero-order chi connectivity index (χ0) is 30.0. The molecule has 0 bridgehead atoms. The van der Waals surface area contributed by atoms with Crippen LogP contribution < -0.4 is 21.5 Å². The fourth-order valence-electron chi connectivity index (χ4n) is 5.42. The third kappa shape index (κ3) is 6.47. The highest BCUT2D eigenvalue weighted by Crippen LogP contribution is 2.35. The Balaban J connectivity index is 1.18. The van der Waals surface area contributed by atoms with Crippen LogP contribution in [0.1, 0.15) is 49.1 Å². The Morgan fingerprint density at radius 1 is 1.17 bits per heavy atom. The van der Waals surface area contributed by atoms with Crippen LogP contribution in [0.25, 0.3) is 0 Å². The fourth-order valence-corrected chi connectivity index (χ4v) is 5.42. The van der Waals surface area contributed by atoms with E-state index in [4.69, 9.17) is 4.52 Å². The van der Waals surface area contributed by atoms with Crippen LogP contribution in [0.2, 0.25) is 0 Å². The van der Waals surface area contributed by atoms with Crippen molar-refractivity contribution in [2.45, 2.75) is 58.2 Å². The van der Waals surface area contributed by atoms with Gasteiger partial charge >= 0.3 is 11.9 Å². The average molecular weight is 588 g/mol. The van der Waals surface area contributed by atoms with Gasteiger partial charge in [-0.1, -0.05) is 11.2 Å². The van der Waals surface area contributed by atoms with E-state index in [9.17, 15) is 27.6 Å². The molecule has 3 aromatic heterocycles. The summed E-state index contributed by atoms with van der Waals surface area (Å²) in [6, 6.07) is 6.74. The molecular formula is C28H32F3N7O4. The minimum atomic E-state index is -4.19. The Hall–Kier alpha value is -4.23. The molecular weight excluding hydrogens is 555 g/mol. The fraction of sp³-hybridized carbons (Fsp3) is 0.500. The van der Waals surface area contributed by atoms with Crippen LogP contribution in [-0.2, 0) is 24.8 Å². The number of fused-ring (bicyclic) bond motifs is 1. The third-order valence-electron chi connectivity index (χ3n) is 7.80. The first-order chi connectivity index (χ1) is 20.0. The molecule has 1 atom stereocenters. The van der Waals surface area contributed by atoms with Crippen LogP contribution in [0.3, 0.4) is 0 Å². The minimum absolute atomic E-state index is 0.00941. The van der Waals surface area contributed by atoms with Crippen molar-refractivity contribution >= 4 is 29.6 Å². The van der Waals surface area contributed by atoms with Crippen LogP contribution in [0.15, 0.2) is 43.4 Å². The second-order valence-corrected chi connectivity index (χ2v) is 10.8. The van der Waals surface area contributed by atoms with Gasteiger partial charge in [0.15, 0.2) is 0 Å². The van der Waals surface area contributed by atoms with Gasteiger partial charge in [0.1, 0.15) is 28.9 Å². The molecule has 1 fully saturated rings. The van der Waals surface area contributed by atoms with Gasteiger partial charge in [-0.3, -0.25) is 18.7 Å². The van der Waals surface area contributed by atoms with Crippen LogP contribution in [0.5, 0.6) is 0 Å². The molecule has 5 rings (SSSR count). The van der Waals surface area contributed by atoms with Gasteiger partial charge in [-0.05, 0) is 57.1 Å². The number of aromatic nitrogens is 4. The predicted octanol–water partition coefficient (Wildman–Crippen LogP) is 3.75. The van der Waals surface area contributed by atoms with E-state index in [2.05, 4.69) is 20.4 Å². The van der Waals surface area contributed by atoms with Crippen LogP contribution >= 0.6 is 0 Å². The SMILES string of the molecule is Cc1cc(Cn2c(=O)c3c(n(C)c2=O)N=CC(CCC(=O)Nc2cccc(N4CCC(C(F)(F)F)CC4)n2)CC3)no1. The molecule has 11 nitrogen and oxygen atoms in total. The number of aliphatic imine (C=N–C) groups is 1. The van der Waals surface area contributed by atoms with Crippen molar-refractivity contribution in [2.75, 3.05) is 23.3 Å². The summed E-state index contributed by atoms with van der Waals surface area (Å²) in [4.78, 5) is 49.6. The lowest BCUT2D eigenvalue weighted by molar-refractivity contribution is -0.179. The number of nitrogens with zero attached hydrogens (tertiary/aromatic N) is 6. The highest BCUT2D eigenvalue weighted by molar-refractivity contribution is 5.90. The van der Waals surface area contributed by atoms with Crippen molar-refractivity contribution in [1.82, 2.24) is 19.3 Å². The lowest BCUT2D eigenvalue weighted by atomic mass is 9.96. The summed E-state index contributed by atoms with van der Waals surface area (Å²) >= 11 is 0. The number of piperidine rings is 1. The largest absolute Gasteiger partial charge is 0.391 e. The highest BCUT2D eigenvalue weighted by atomic mass is 19.4. The molecule has 1 unspecified atom stereocenters. The van der Waals surface area contributed by atoms with E-state index in [0.717, 1.165) is 4.57 Å². The molecule has 0 aromatic carbocycles. The normalized spacial score (nSPS) is 17.6. The number of carbonyl (C=O) groups is 1. The second-order valence-electron chi connectivity index (χ2n) is 10.8. The van der Waals surface area contributed by atoms with Crippen LogP contribution in [-0.4, -0.2) is 50.7 Å². The molecule has 0 spiro atoms. The Morgan fingerprint density at radius 3 is 2.62 bits per heavy atom. The first-order valence-corrected chi connectivity index (χ1v) is 13.9. The van der Waals surface area contributed by atoms with Gasteiger partial charge < -0.3 is 14.7 Å². The molecule has 1 N–H and O–H groups in total. The molecule has 224 valence electrons. The molecule has 2 aliphatic rings. The summed E-state index contributed by atoms with van der Waals surface area (Å²) < 4.78 is 46.5. The van der Waals surface area contributed by atoms with E-state index in [1.165, 1.54) is 4.57 Å². The van der Waals surface area contributed by atoms with E-state index >= 15 is 0 Å².